The van der Waals surface area contributed by atoms with Gasteiger partial charge in [-0.05, 0) is 25.5 Å². The molecular weight excluding hydrogens is 326 g/mol. The maximum Gasteiger partial charge on any atom is 0.326 e. The lowest BCUT2D eigenvalue weighted by molar-refractivity contribution is -0.138. The number of carboxylic acids is 1. The summed E-state index contributed by atoms with van der Waals surface area (Å²) in [4.78, 5) is 50.5. The topological polar surface area (TPSA) is 107 Å². The summed E-state index contributed by atoms with van der Waals surface area (Å²) in [6.45, 7) is 1.78. The van der Waals surface area contributed by atoms with Crippen molar-refractivity contribution in [3.63, 3.8) is 0 Å². The van der Waals surface area contributed by atoms with Crippen LogP contribution in [0.25, 0.3) is 0 Å². The number of rotatable bonds is 4. The largest absolute Gasteiger partial charge is 0.480 e. The van der Waals surface area contributed by atoms with E-state index in [-0.39, 0.29) is 24.8 Å². The number of fused-ring (bicyclic) bond motifs is 1. The minimum absolute atomic E-state index is 0.194. The SMILES string of the molecule is C[C@@H](C(=O)O)N(C)c1cccc2c1CN(C1CCC(=O)NC1=O)C2=O. The molecule has 0 spiro atoms. The minimum atomic E-state index is -0.966. The first kappa shape index (κ1) is 16.9. The Morgan fingerprint density at radius 1 is 1.36 bits per heavy atom. The number of carbonyl (C=O) groups excluding carboxylic acids is 3. The number of amides is 3. The van der Waals surface area contributed by atoms with Crippen molar-refractivity contribution >= 4 is 29.4 Å². The molecule has 2 aliphatic rings. The molecule has 25 heavy (non-hydrogen) atoms. The fourth-order valence-electron chi connectivity index (χ4n) is 3.27. The molecule has 2 aliphatic heterocycles. The molecule has 3 amide bonds. The van der Waals surface area contributed by atoms with Crippen LogP contribution in [0.1, 0.15) is 35.7 Å². The molecule has 0 radical (unpaired) electrons. The predicted molar refractivity (Wildman–Crippen MR) is 88.0 cm³/mol. The number of nitrogens with one attached hydrogen (secondary N) is 1. The summed E-state index contributed by atoms with van der Waals surface area (Å²) >= 11 is 0. The molecule has 2 heterocycles. The Labute approximate surface area is 144 Å². The number of aliphatic carboxylic acids is 1. The monoisotopic (exact) mass is 345 g/mol. The number of imide groups is 1. The standard InChI is InChI=1S/C17H19N3O5/c1-9(17(24)25)19(2)12-5-3-4-10-11(12)8-20(16(10)23)13-6-7-14(21)18-15(13)22/h3-5,9,13H,6-8H2,1-2H3,(H,24,25)(H,18,21,22)/t9-,13?/m0/s1. The third-order valence-corrected chi connectivity index (χ3v) is 4.88. The van der Waals surface area contributed by atoms with E-state index in [1.54, 1.807) is 37.1 Å². The van der Waals surface area contributed by atoms with E-state index in [0.29, 0.717) is 23.2 Å². The third-order valence-electron chi connectivity index (χ3n) is 4.88. The first-order valence-corrected chi connectivity index (χ1v) is 8.03. The number of carboxylic acid groups (broad SMARTS) is 1. The van der Waals surface area contributed by atoms with Gasteiger partial charge in [0, 0.05) is 36.8 Å². The van der Waals surface area contributed by atoms with E-state index in [2.05, 4.69) is 5.32 Å². The van der Waals surface area contributed by atoms with Gasteiger partial charge in [0.25, 0.3) is 5.91 Å². The van der Waals surface area contributed by atoms with Crippen LogP contribution in [0.2, 0.25) is 0 Å². The molecule has 1 unspecified atom stereocenters. The van der Waals surface area contributed by atoms with Gasteiger partial charge >= 0.3 is 5.97 Å². The third kappa shape index (κ3) is 2.84. The lowest BCUT2D eigenvalue weighted by Crippen LogP contribution is -2.52. The number of likely N-dealkylation sites (N-methyl/N-ethyl adjacent to an activating group) is 1. The lowest BCUT2D eigenvalue weighted by Gasteiger charge is -2.30. The first-order valence-electron chi connectivity index (χ1n) is 8.03. The summed E-state index contributed by atoms with van der Waals surface area (Å²) in [5.74, 6) is -2.04. The molecule has 0 aromatic heterocycles. The van der Waals surface area contributed by atoms with E-state index >= 15 is 0 Å². The van der Waals surface area contributed by atoms with Crippen LogP contribution < -0.4 is 10.2 Å². The summed E-state index contributed by atoms with van der Waals surface area (Å²) in [7, 11) is 1.66. The summed E-state index contributed by atoms with van der Waals surface area (Å²) in [5.41, 5.74) is 1.81. The highest BCUT2D eigenvalue weighted by atomic mass is 16.4. The van der Waals surface area contributed by atoms with Crippen molar-refractivity contribution in [1.29, 1.82) is 0 Å². The molecule has 3 rings (SSSR count). The highest BCUT2D eigenvalue weighted by molar-refractivity contribution is 6.06. The predicted octanol–water partition coefficient (Wildman–Crippen LogP) is 0.357. The van der Waals surface area contributed by atoms with Crippen molar-refractivity contribution in [3.8, 4) is 0 Å². The molecule has 2 atom stereocenters. The second-order valence-corrected chi connectivity index (χ2v) is 6.33. The highest BCUT2D eigenvalue weighted by Crippen LogP contribution is 2.34. The average molecular weight is 345 g/mol. The molecular formula is C17H19N3O5. The fraction of sp³-hybridized carbons (Fsp3) is 0.412. The van der Waals surface area contributed by atoms with Crippen molar-refractivity contribution in [2.45, 2.75) is 38.4 Å². The van der Waals surface area contributed by atoms with E-state index in [0.717, 1.165) is 0 Å². The van der Waals surface area contributed by atoms with Crippen molar-refractivity contribution in [1.82, 2.24) is 10.2 Å². The van der Waals surface area contributed by atoms with Crippen LogP contribution in [0.4, 0.5) is 5.69 Å². The van der Waals surface area contributed by atoms with Gasteiger partial charge in [0.2, 0.25) is 11.8 Å². The van der Waals surface area contributed by atoms with Gasteiger partial charge in [-0.15, -0.1) is 0 Å². The molecule has 2 N–H and O–H groups in total. The number of carbonyl (C=O) groups is 4. The molecule has 1 fully saturated rings. The van der Waals surface area contributed by atoms with E-state index in [1.807, 2.05) is 0 Å². The number of nitrogens with zero attached hydrogens (tertiary/aromatic N) is 2. The van der Waals surface area contributed by atoms with Gasteiger partial charge in [0.05, 0.1) is 0 Å². The minimum Gasteiger partial charge on any atom is -0.480 e. The van der Waals surface area contributed by atoms with Gasteiger partial charge in [-0.2, -0.15) is 0 Å². The molecule has 1 saturated heterocycles. The highest BCUT2D eigenvalue weighted by Gasteiger charge is 2.40. The molecule has 1 aromatic rings. The van der Waals surface area contributed by atoms with Crippen LogP contribution in [-0.4, -0.2) is 52.8 Å². The number of anilines is 1. The Hall–Kier alpha value is -2.90. The quantitative estimate of drug-likeness (QED) is 0.763. The summed E-state index contributed by atoms with van der Waals surface area (Å²) in [6.07, 6.45) is 0.487. The Morgan fingerprint density at radius 3 is 2.72 bits per heavy atom. The van der Waals surface area contributed by atoms with Crippen LogP contribution in [0, 0.1) is 0 Å². The van der Waals surface area contributed by atoms with E-state index < -0.39 is 24.0 Å². The molecule has 8 nitrogen and oxygen atoms in total. The van der Waals surface area contributed by atoms with Crippen molar-refractivity contribution < 1.29 is 24.3 Å². The molecule has 0 saturated carbocycles. The van der Waals surface area contributed by atoms with Crippen LogP contribution >= 0.6 is 0 Å². The Balaban J connectivity index is 1.91. The molecule has 1 aromatic carbocycles. The zero-order valence-electron chi connectivity index (χ0n) is 14.0. The van der Waals surface area contributed by atoms with Crippen LogP contribution in [0.3, 0.4) is 0 Å². The van der Waals surface area contributed by atoms with Crippen molar-refractivity contribution in [3.05, 3.63) is 29.3 Å². The lowest BCUT2D eigenvalue weighted by atomic mass is 10.0. The van der Waals surface area contributed by atoms with Gasteiger partial charge in [-0.3, -0.25) is 19.7 Å². The van der Waals surface area contributed by atoms with E-state index in [9.17, 15) is 24.3 Å². The summed E-state index contributed by atoms with van der Waals surface area (Å²) in [5, 5.41) is 11.5. The maximum absolute atomic E-state index is 12.7. The zero-order valence-corrected chi connectivity index (χ0v) is 14.0. The number of benzene rings is 1. The van der Waals surface area contributed by atoms with Crippen LogP contribution in [-0.2, 0) is 20.9 Å². The van der Waals surface area contributed by atoms with Gasteiger partial charge < -0.3 is 14.9 Å². The fourth-order valence-corrected chi connectivity index (χ4v) is 3.27. The second kappa shape index (κ2) is 6.19. The summed E-state index contributed by atoms with van der Waals surface area (Å²) in [6, 6.07) is 3.69. The summed E-state index contributed by atoms with van der Waals surface area (Å²) < 4.78 is 0. The van der Waals surface area contributed by atoms with Crippen LogP contribution in [0.15, 0.2) is 18.2 Å². The molecule has 8 heteroatoms. The van der Waals surface area contributed by atoms with E-state index in [1.165, 1.54) is 4.90 Å². The van der Waals surface area contributed by atoms with Crippen molar-refractivity contribution in [2.24, 2.45) is 0 Å². The number of hydrogen-bond donors (Lipinski definition) is 2. The van der Waals surface area contributed by atoms with Gasteiger partial charge in [-0.25, -0.2) is 4.79 Å². The normalized spacial score (nSPS) is 21.0. The number of piperidine rings is 1. The maximum atomic E-state index is 12.7. The first-order chi connectivity index (χ1) is 11.8. The van der Waals surface area contributed by atoms with Gasteiger partial charge in [-0.1, -0.05) is 6.07 Å². The van der Waals surface area contributed by atoms with E-state index in [4.69, 9.17) is 0 Å². The second-order valence-electron chi connectivity index (χ2n) is 6.33. The number of hydrogen-bond acceptors (Lipinski definition) is 5. The zero-order chi connectivity index (χ0) is 18.3. The smallest absolute Gasteiger partial charge is 0.326 e. The average Bonchev–Trinajstić information content (AvgIpc) is 2.90. The van der Waals surface area contributed by atoms with Gasteiger partial charge in [0.15, 0.2) is 0 Å². The molecule has 0 bridgehead atoms. The molecule has 0 aliphatic carbocycles. The van der Waals surface area contributed by atoms with Crippen molar-refractivity contribution in [2.75, 3.05) is 11.9 Å². The van der Waals surface area contributed by atoms with Crippen LogP contribution in [0.5, 0.6) is 0 Å². The Kier molecular flexibility index (Phi) is 4.20. The Morgan fingerprint density at radius 2 is 2.08 bits per heavy atom. The van der Waals surface area contributed by atoms with Gasteiger partial charge in [0.1, 0.15) is 12.1 Å². The Bertz CT molecular complexity index is 776. The molecule has 132 valence electrons.